The van der Waals surface area contributed by atoms with Crippen LogP contribution in [0.25, 0.3) is 0 Å². The summed E-state index contributed by atoms with van der Waals surface area (Å²) in [5, 5.41) is 7.80. The van der Waals surface area contributed by atoms with E-state index in [1.54, 1.807) is 55.6 Å². The number of hydrogen-bond donors (Lipinski definition) is 3. The Hall–Kier alpha value is -4.07. The fourth-order valence-electron chi connectivity index (χ4n) is 2.61. The highest BCUT2D eigenvalue weighted by Gasteiger charge is 2.12. The third kappa shape index (κ3) is 5.26. The highest BCUT2D eigenvalue weighted by atomic mass is 19.1. The first-order chi connectivity index (χ1) is 14.5. The number of amides is 3. The Morgan fingerprint density at radius 3 is 2.23 bits per heavy atom. The molecule has 0 radical (unpaired) electrons. The van der Waals surface area contributed by atoms with Crippen molar-refractivity contribution in [2.24, 2.45) is 0 Å². The molecule has 0 fully saturated rings. The number of urea groups is 1. The van der Waals surface area contributed by atoms with E-state index in [-0.39, 0.29) is 5.56 Å². The molecule has 0 unspecified atom stereocenters. The molecule has 0 heterocycles. The first-order valence-electron chi connectivity index (χ1n) is 9.00. The predicted octanol–water partition coefficient (Wildman–Crippen LogP) is 4.63. The zero-order valence-electron chi connectivity index (χ0n) is 16.4. The summed E-state index contributed by atoms with van der Waals surface area (Å²) in [6, 6.07) is 17.1. The van der Waals surface area contributed by atoms with Crippen LogP contribution < -0.4 is 25.4 Å². The van der Waals surface area contributed by atoms with E-state index in [4.69, 9.17) is 9.47 Å². The molecule has 3 aromatic rings. The quantitative estimate of drug-likeness (QED) is 0.554. The van der Waals surface area contributed by atoms with Gasteiger partial charge in [0.1, 0.15) is 23.1 Å². The van der Waals surface area contributed by atoms with Crippen LogP contribution in [-0.2, 0) is 0 Å². The minimum Gasteiger partial charge on any atom is -0.497 e. The number of rotatable bonds is 6. The molecule has 0 spiro atoms. The van der Waals surface area contributed by atoms with Crippen molar-refractivity contribution in [2.45, 2.75) is 0 Å². The monoisotopic (exact) mass is 409 g/mol. The zero-order valence-corrected chi connectivity index (χ0v) is 16.4. The van der Waals surface area contributed by atoms with Gasteiger partial charge in [-0.1, -0.05) is 6.07 Å². The number of nitrogens with one attached hydrogen (secondary N) is 3. The molecule has 0 aliphatic heterocycles. The normalized spacial score (nSPS) is 10.1. The van der Waals surface area contributed by atoms with Gasteiger partial charge >= 0.3 is 6.03 Å². The van der Waals surface area contributed by atoms with Crippen LogP contribution in [0.5, 0.6) is 17.2 Å². The summed E-state index contributed by atoms with van der Waals surface area (Å²) in [5.74, 6) is 0.229. The summed E-state index contributed by atoms with van der Waals surface area (Å²) < 4.78 is 24.5. The van der Waals surface area contributed by atoms with E-state index in [9.17, 15) is 14.0 Å². The van der Waals surface area contributed by atoms with Crippen LogP contribution in [0.4, 0.5) is 20.6 Å². The van der Waals surface area contributed by atoms with Gasteiger partial charge in [-0.15, -0.1) is 0 Å². The third-order valence-electron chi connectivity index (χ3n) is 4.09. The molecule has 0 bridgehead atoms. The van der Waals surface area contributed by atoms with Crippen molar-refractivity contribution < 1.29 is 23.5 Å². The Bertz CT molecular complexity index is 1050. The largest absolute Gasteiger partial charge is 0.497 e. The topological polar surface area (TPSA) is 88.7 Å². The van der Waals surface area contributed by atoms with Crippen molar-refractivity contribution in [3.63, 3.8) is 0 Å². The minimum atomic E-state index is -0.636. The Balaban J connectivity index is 1.62. The van der Waals surface area contributed by atoms with Crippen LogP contribution in [0, 0.1) is 5.82 Å². The lowest BCUT2D eigenvalue weighted by atomic mass is 10.2. The van der Waals surface area contributed by atoms with Gasteiger partial charge in [0.2, 0.25) is 0 Å². The van der Waals surface area contributed by atoms with Crippen LogP contribution in [0.3, 0.4) is 0 Å². The molecule has 3 rings (SSSR count). The van der Waals surface area contributed by atoms with E-state index >= 15 is 0 Å². The van der Waals surface area contributed by atoms with Crippen molar-refractivity contribution in [3.8, 4) is 17.2 Å². The highest BCUT2D eigenvalue weighted by molar-refractivity contribution is 5.99. The average molecular weight is 409 g/mol. The number of anilines is 2. The summed E-state index contributed by atoms with van der Waals surface area (Å²) in [5.41, 5.74) is 1.03. The smallest absolute Gasteiger partial charge is 0.323 e. The maximum atomic E-state index is 13.7. The second-order valence-electron chi connectivity index (χ2n) is 6.16. The van der Waals surface area contributed by atoms with E-state index in [1.807, 2.05) is 0 Å². The Morgan fingerprint density at radius 2 is 1.53 bits per heavy atom. The van der Waals surface area contributed by atoms with Crippen molar-refractivity contribution in [1.82, 2.24) is 5.32 Å². The predicted molar refractivity (Wildman–Crippen MR) is 112 cm³/mol. The summed E-state index contributed by atoms with van der Waals surface area (Å²) >= 11 is 0. The van der Waals surface area contributed by atoms with E-state index in [2.05, 4.69) is 16.0 Å². The van der Waals surface area contributed by atoms with Gasteiger partial charge in [0.25, 0.3) is 5.91 Å². The van der Waals surface area contributed by atoms with Crippen molar-refractivity contribution in [1.29, 1.82) is 0 Å². The number of hydrogen-bond acceptors (Lipinski definition) is 4. The first kappa shape index (κ1) is 20.7. The summed E-state index contributed by atoms with van der Waals surface area (Å²) in [6.45, 7) is 0. The Labute approximate surface area is 172 Å². The number of methoxy groups -OCH3 is 1. The lowest BCUT2D eigenvalue weighted by Crippen LogP contribution is -2.19. The number of halogens is 1. The molecular weight excluding hydrogens is 389 g/mol. The first-order valence-corrected chi connectivity index (χ1v) is 9.00. The van der Waals surface area contributed by atoms with Gasteiger partial charge < -0.3 is 25.4 Å². The summed E-state index contributed by atoms with van der Waals surface area (Å²) in [7, 11) is 2.97. The van der Waals surface area contributed by atoms with E-state index < -0.39 is 17.8 Å². The van der Waals surface area contributed by atoms with E-state index in [1.165, 1.54) is 25.2 Å². The van der Waals surface area contributed by atoms with Crippen LogP contribution in [-0.4, -0.2) is 26.1 Å². The molecular formula is C22H20FN3O4. The van der Waals surface area contributed by atoms with Gasteiger partial charge in [-0.3, -0.25) is 4.79 Å². The molecule has 0 saturated carbocycles. The summed E-state index contributed by atoms with van der Waals surface area (Å²) in [6.07, 6.45) is 0. The zero-order chi connectivity index (χ0) is 21.5. The third-order valence-corrected chi connectivity index (χ3v) is 4.09. The second kappa shape index (κ2) is 9.42. The number of carbonyl (C=O) groups is 2. The molecule has 3 aromatic carbocycles. The SMILES string of the molecule is CNC(=O)c1cc(Oc2ccc(NC(=O)Nc3cccc(OC)c3)cc2)ccc1F. The molecule has 30 heavy (non-hydrogen) atoms. The standard InChI is InChI=1S/C22H20FN3O4/c1-24-21(27)19-13-18(10-11-20(19)23)30-16-8-6-14(7-9-16)25-22(28)26-15-4-3-5-17(12-15)29-2/h3-13H,1-2H3,(H,24,27)(H2,25,26,28). The molecule has 8 heteroatoms. The molecule has 154 valence electrons. The fraction of sp³-hybridized carbons (Fsp3) is 0.0909. The molecule has 3 N–H and O–H groups in total. The van der Waals surface area contributed by atoms with Crippen LogP contribution in [0.2, 0.25) is 0 Å². The maximum Gasteiger partial charge on any atom is 0.323 e. The molecule has 0 aliphatic rings. The Kier molecular flexibility index (Phi) is 6.49. The van der Waals surface area contributed by atoms with Crippen molar-refractivity contribution >= 4 is 23.3 Å². The molecule has 0 saturated heterocycles. The fourth-order valence-corrected chi connectivity index (χ4v) is 2.61. The van der Waals surface area contributed by atoms with Crippen LogP contribution in [0.1, 0.15) is 10.4 Å². The maximum absolute atomic E-state index is 13.7. The van der Waals surface area contributed by atoms with Crippen molar-refractivity contribution in [3.05, 3.63) is 78.1 Å². The average Bonchev–Trinajstić information content (AvgIpc) is 2.76. The van der Waals surface area contributed by atoms with Crippen LogP contribution >= 0.6 is 0 Å². The lowest BCUT2D eigenvalue weighted by molar-refractivity contribution is 0.0958. The van der Waals surface area contributed by atoms with E-state index in [0.29, 0.717) is 28.6 Å². The minimum absolute atomic E-state index is 0.109. The second-order valence-corrected chi connectivity index (χ2v) is 6.16. The molecule has 7 nitrogen and oxygen atoms in total. The van der Waals surface area contributed by atoms with Crippen molar-refractivity contribution in [2.75, 3.05) is 24.8 Å². The Morgan fingerprint density at radius 1 is 0.833 bits per heavy atom. The van der Waals surface area contributed by atoms with E-state index in [0.717, 1.165) is 0 Å². The molecule has 0 aliphatic carbocycles. The number of ether oxygens (including phenoxy) is 2. The lowest BCUT2D eigenvalue weighted by Gasteiger charge is -2.11. The van der Waals surface area contributed by atoms with Gasteiger partial charge in [-0.25, -0.2) is 9.18 Å². The molecule has 3 amide bonds. The molecule has 0 atom stereocenters. The van der Waals surface area contributed by atoms with Gasteiger partial charge in [-0.2, -0.15) is 0 Å². The molecule has 0 aromatic heterocycles. The summed E-state index contributed by atoms with van der Waals surface area (Å²) in [4.78, 5) is 23.8. The number of benzene rings is 3. The van der Waals surface area contributed by atoms with Crippen LogP contribution in [0.15, 0.2) is 66.7 Å². The number of carbonyl (C=O) groups excluding carboxylic acids is 2. The highest BCUT2D eigenvalue weighted by Crippen LogP contribution is 2.25. The van der Waals surface area contributed by atoms with Gasteiger partial charge in [0.05, 0.1) is 12.7 Å². The van der Waals surface area contributed by atoms with Gasteiger partial charge in [0.15, 0.2) is 0 Å². The van der Waals surface area contributed by atoms with Gasteiger partial charge in [0, 0.05) is 24.5 Å². The van der Waals surface area contributed by atoms with Gasteiger partial charge in [-0.05, 0) is 54.6 Å².